The molecule has 0 unspecified atom stereocenters. The summed E-state index contributed by atoms with van der Waals surface area (Å²) in [6.45, 7) is 3.51. The Hall–Kier alpha value is -2.06. The molecular formula is C14H18F3N3O3. The first-order chi connectivity index (χ1) is 10.7. The fourth-order valence-electron chi connectivity index (χ4n) is 2.57. The number of alkyl halides is 3. The van der Waals surface area contributed by atoms with Crippen molar-refractivity contribution in [1.29, 1.82) is 0 Å². The van der Waals surface area contributed by atoms with E-state index in [0.717, 1.165) is 4.90 Å². The van der Waals surface area contributed by atoms with Gasteiger partial charge in [0.15, 0.2) is 5.89 Å². The number of amides is 2. The van der Waals surface area contributed by atoms with Gasteiger partial charge in [-0.1, -0.05) is 0 Å². The van der Waals surface area contributed by atoms with E-state index in [1.54, 1.807) is 13.8 Å². The molecule has 0 aromatic carbocycles. The van der Waals surface area contributed by atoms with Crippen molar-refractivity contribution in [2.45, 2.75) is 39.4 Å². The molecule has 1 aliphatic rings. The van der Waals surface area contributed by atoms with E-state index in [1.807, 2.05) is 0 Å². The molecule has 0 atom stereocenters. The molecule has 2 amide bonds. The quantitative estimate of drug-likeness (QED) is 0.914. The Morgan fingerprint density at radius 1 is 1.30 bits per heavy atom. The number of rotatable bonds is 3. The minimum atomic E-state index is -4.86. The minimum Gasteiger partial charge on any atom is -0.444 e. The van der Waals surface area contributed by atoms with Crippen LogP contribution < -0.4 is 5.32 Å². The Balaban J connectivity index is 1.82. The second kappa shape index (κ2) is 6.59. The molecule has 23 heavy (non-hydrogen) atoms. The molecule has 6 nitrogen and oxygen atoms in total. The molecule has 0 radical (unpaired) electrons. The maximum Gasteiger partial charge on any atom is 0.471 e. The second-order valence-corrected chi connectivity index (χ2v) is 5.52. The fraction of sp³-hybridized carbons (Fsp3) is 0.643. The van der Waals surface area contributed by atoms with Crippen LogP contribution in [0, 0.1) is 19.8 Å². The average Bonchev–Trinajstić information content (AvgIpc) is 2.81. The summed E-state index contributed by atoms with van der Waals surface area (Å²) in [5.41, 5.74) is 0.688. The van der Waals surface area contributed by atoms with Crippen LogP contribution in [0.25, 0.3) is 0 Å². The summed E-state index contributed by atoms with van der Waals surface area (Å²) in [4.78, 5) is 28.0. The van der Waals surface area contributed by atoms with Gasteiger partial charge in [0, 0.05) is 25.9 Å². The molecule has 1 fully saturated rings. The van der Waals surface area contributed by atoms with Crippen LogP contribution in [0.2, 0.25) is 0 Å². The number of nitrogens with one attached hydrogen (secondary N) is 1. The molecule has 0 spiro atoms. The van der Waals surface area contributed by atoms with Gasteiger partial charge in [0.2, 0.25) is 5.91 Å². The summed E-state index contributed by atoms with van der Waals surface area (Å²) in [5, 5.41) is 2.70. The van der Waals surface area contributed by atoms with Gasteiger partial charge in [-0.3, -0.25) is 9.59 Å². The molecular weight excluding hydrogens is 315 g/mol. The summed E-state index contributed by atoms with van der Waals surface area (Å²) in [5.74, 6) is -1.44. The summed E-state index contributed by atoms with van der Waals surface area (Å²) in [6, 6.07) is 0. The average molecular weight is 333 g/mol. The van der Waals surface area contributed by atoms with E-state index in [2.05, 4.69) is 10.3 Å². The van der Waals surface area contributed by atoms with Gasteiger partial charge in [0.05, 0.1) is 12.2 Å². The highest BCUT2D eigenvalue weighted by molar-refractivity contribution is 5.83. The normalized spacial score (nSPS) is 16.5. The molecule has 9 heteroatoms. The molecule has 0 aliphatic carbocycles. The number of carbonyl (C=O) groups is 2. The first-order valence-electron chi connectivity index (χ1n) is 7.25. The Morgan fingerprint density at radius 2 is 1.91 bits per heavy atom. The van der Waals surface area contributed by atoms with Crippen LogP contribution in [-0.2, 0) is 16.1 Å². The third-order valence-electron chi connectivity index (χ3n) is 3.82. The third kappa shape index (κ3) is 4.23. The van der Waals surface area contributed by atoms with E-state index in [0.29, 0.717) is 17.3 Å². The predicted octanol–water partition coefficient (Wildman–Crippen LogP) is 1.71. The van der Waals surface area contributed by atoms with Crippen molar-refractivity contribution in [3.63, 3.8) is 0 Å². The zero-order valence-corrected chi connectivity index (χ0v) is 12.9. The highest BCUT2D eigenvalue weighted by Gasteiger charge is 2.43. The van der Waals surface area contributed by atoms with Crippen LogP contribution in [-0.4, -0.2) is 41.0 Å². The molecule has 2 rings (SSSR count). The first kappa shape index (κ1) is 17.3. The molecule has 2 heterocycles. The predicted molar refractivity (Wildman–Crippen MR) is 73.2 cm³/mol. The summed E-state index contributed by atoms with van der Waals surface area (Å²) in [7, 11) is 0. The van der Waals surface area contributed by atoms with Crippen LogP contribution in [0.4, 0.5) is 13.2 Å². The topological polar surface area (TPSA) is 75.4 Å². The number of nitrogens with zero attached hydrogens (tertiary/aromatic N) is 2. The summed E-state index contributed by atoms with van der Waals surface area (Å²) in [6.07, 6.45) is -4.44. The van der Waals surface area contributed by atoms with E-state index in [9.17, 15) is 22.8 Å². The van der Waals surface area contributed by atoms with Crippen molar-refractivity contribution in [2.24, 2.45) is 5.92 Å². The van der Waals surface area contributed by atoms with Gasteiger partial charge in [0.25, 0.3) is 0 Å². The standard InChI is InChI=1S/C14H18F3N3O3/c1-8-11(23-9(2)19-8)7-18-12(21)10-3-5-20(6-4-10)13(22)14(15,16)17/h10H,3-7H2,1-2H3,(H,18,21). The molecule has 1 aromatic heterocycles. The highest BCUT2D eigenvalue weighted by Crippen LogP contribution is 2.24. The van der Waals surface area contributed by atoms with Gasteiger partial charge < -0.3 is 14.6 Å². The largest absolute Gasteiger partial charge is 0.471 e. The lowest BCUT2D eigenvalue weighted by Gasteiger charge is -2.31. The Morgan fingerprint density at radius 3 is 2.39 bits per heavy atom. The van der Waals surface area contributed by atoms with Gasteiger partial charge in [-0.25, -0.2) is 4.98 Å². The number of carbonyl (C=O) groups excluding carboxylic acids is 2. The molecule has 1 N–H and O–H groups in total. The van der Waals surface area contributed by atoms with Crippen LogP contribution in [0.3, 0.4) is 0 Å². The Kier molecular flexibility index (Phi) is 4.96. The smallest absolute Gasteiger partial charge is 0.444 e. The lowest BCUT2D eigenvalue weighted by atomic mass is 9.96. The van der Waals surface area contributed by atoms with Crippen molar-refractivity contribution < 1.29 is 27.2 Å². The molecule has 0 saturated carbocycles. The maximum absolute atomic E-state index is 12.4. The van der Waals surface area contributed by atoms with Crippen LogP contribution in [0.1, 0.15) is 30.2 Å². The zero-order valence-electron chi connectivity index (χ0n) is 12.9. The zero-order chi connectivity index (χ0) is 17.2. The fourth-order valence-corrected chi connectivity index (χ4v) is 2.57. The van der Waals surface area contributed by atoms with Gasteiger partial charge in [0.1, 0.15) is 5.76 Å². The van der Waals surface area contributed by atoms with E-state index in [1.165, 1.54) is 0 Å². The highest BCUT2D eigenvalue weighted by atomic mass is 19.4. The van der Waals surface area contributed by atoms with E-state index < -0.39 is 18.0 Å². The molecule has 1 saturated heterocycles. The van der Waals surface area contributed by atoms with Crippen molar-refractivity contribution in [3.8, 4) is 0 Å². The van der Waals surface area contributed by atoms with Crippen LogP contribution in [0.5, 0.6) is 0 Å². The number of aromatic nitrogens is 1. The number of aryl methyl sites for hydroxylation is 2. The van der Waals surface area contributed by atoms with Gasteiger partial charge in [-0.2, -0.15) is 13.2 Å². The number of hydrogen-bond donors (Lipinski definition) is 1. The number of oxazole rings is 1. The van der Waals surface area contributed by atoms with Gasteiger partial charge in [-0.15, -0.1) is 0 Å². The second-order valence-electron chi connectivity index (χ2n) is 5.52. The first-order valence-corrected chi connectivity index (χ1v) is 7.25. The number of likely N-dealkylation sites (tertiary alicyclic amines) is 1. The van der Waals surface area contributed by atoms with E-state index in [-0.39, 0.29) is 38.4 Å². The van der Waals surface area contributed by atoms with Crippen molar-refractivity contribution in [2.75, 3.05) is 13.1 Å². The van der Waals surface area contributed by atoms with Gasteiger partial charge in [-0.05, 0) is 19.8 Å². The van der Waals surface area contributed by atoms with Gasteiger partial charge >= 0.3 is 12.1 Å². The molecule has 128 valence electrons. The van der Waals surface area contributed by atoms with Crippen molar-refractivity contribution in [3.05, 3.63) is 17.3 Å². The lowest BCUT2D eigenvalue weighted by molar-refractivity contribution is -0.186. The molecule has 0 bridgehead atoms. The number of hydrogen-bond acceptors (Lipinski definition) is 4. The Labute approximate surface area is 131 Å². The third-order valence-corrected chi connectivity index (χ3v) is 3.82. The van der Waals surface area contributed by atoms with Crippen LogP contribution in [0.15, 0.2) is 4.42 Å². The monoisotopic (exact) mass is 333 g/mol. The lowest BCUT2D eigenvalue weighted by Crippen LogP contribution is -2.47. The summed E-state index contributed by atoms with van der Waals surface area (Å²) < 4.78 is 42.4. The number of piperidine rings is 1. The summed E-state index contributed by atoms with van der Waals surface area (Å²) >= 11 is 0. The SMILES string of the molecule is Cc1nc(C)c(CNC(=O)C2CCN(C(=O)C(F)(F)F)CC2)o1. The van der Waals surface area contributed by atoms with Crippen molar-refractivity contribution in [1.82, 2.24) is 15.2 Å². The molecule has 1 aromatic rings. The van der Waals surface area contributed by atoms with Crippen molar-refractivity contribution >= 4 is 11.8 Å². The van der Waals surface area contributed by atoms with E-state index in [4.69, 9.17) is 4.42 Å². The number of halogens is 3. The van der Waals surface area contributed by atoms with E-state index >= 15 is 0 Å². The maximum atomic E-state index is 12.4. The Bertz CT molecular complexity index is 590. The minimum absolute atomic E-state index is 0.0725. The van der Waals surface area contributed by atoms with Crippen LogP contribution >= 0.6 is 0 Å². The molecule has 1 aliphatic heterocycles.